The number of fused-ring (bicyclic) bond motifs is 1. The lowest BCUT2D eigenvalue weighted by Crippen LogP contribution is -2.35. The Morgan fingerprint density at radius 1 is 0.975 bits per heavy atom. The summed E-state index contributed by atoms with van der Waals surface area (Å²) in [5, 5.41) is 0. The number of para-hydroxylation sites is 1. The van der Waals surface area contributed by atoms with Crippen LogP contribution in [-0.2, 0) is 15.9 Å². The van der Waals surface area contributed by atoms with Gasteiger partial charge in [0.25, 0.3) is 11.8 Å². The normalized spacial score (nSPS) is 14.6. The number of imidazole rings is 1. The van der Waals surface area contributed by atoms with E-state index in [2.05, 4.69) is 4.98 Å². The molecule has 1 aliphatic rings. The number of amides is 2. The Labute approximate surface area is 232 Å². The fourth-order valence-electron chi connectivity index (χ4n) is 4.74. The second kappa shape index (κ2) is 10.7. The number of hydrogen-bond acceptors (Lipinski definition) is 6. The molecule has 4 aromatic rings. The minimum atomic E-state index is -0.752. The third kappa shape index (κ3) is 4.93. The number of aryl methyl sites for hydroxylation is 2. The highest BCUT2D eigenvalue weighted by Gasteiger charge is 2.34. The van der Waals surface area contributed by atoms with Crippen LogP contribution in [0.25, 0.3) is 16.9 Å². The zero-order chi connectivity index (χ0) is 28.6. The Hall–Kier alpha value is -4.92. The van der Waals surface area contributed by atoms with Crippen molar-refractivity contribution in [2.75, 3.05) is 21.2 Å². The number of methoxy groups -OCH3 is 1. The molecule has 1 aromatic heterocycles. The summed E-state index contributed by atoms with van der Waals surface area (Å²) in [6, 6.07) is 18.1. The summed E-state index contributed by atoms with van der Waals surface area (Å²) < 4.78 is 13.1. The summed E-state index contributed by atoms with van der Waals surface area (Å²) in [5.74, 6) is -0.507. The van der Waals surface area contributed by atoms with E-state index < -0.39 is 12.2 Å². The van der Waals surface area contributed by atoms with Gasteiger partial charge in [0.1, 0.15) is 11.8 Å². The standard InChI is InChI=1S/C31H30N4O5/c1-19-9-12-21(13-10-19)29(36)34-17-27(35-18-32-28-24(30(37)33(3)4)7-6-8-25(28)35)40-26(34)16-22-15-20(2)11-14-23(22)31(38)39-5/h6-15,17-18,26H,16H2,1-5H3. The Bertz CT molecular complexity index is 1650. The molecule has 204 valence electrons. The van der Waals surface area contributed by atoms with E-state index in [1.165, 1.54) is 16.9 Å². The van der Waals surface area contributed by atoms with Gasteiger partial charge in [-0.25, -0.2) is 9.78 Å². The van der Waals surface area contributed by atoms with Crippen molar-refractivity contribution in [3.63, 3.8) is 0 Å². The highest BCUT2D eigenvalue weighted by Crippen LogP contribution is 2.31. The SMILES string of the molecule is COC(=O)c1ccc(C)cc1CC1OC(n2cnc3c(C(=O)N(C)C)cccc32)=CN1C(=O)c1ccc(C)cc1. The minimum Gasteiger partial charge on any atom is -0.465 e. The number of aromatic nitrogens is 2. The molecule has 40 heavy (non-hydrogen) atoms. The van der Waals surface area contributed by atoms with E-state index in [9.17, 15) is 14.4 Å². The fourth-order valence-corrected chi connectivity index (χ4v) is 4.74. The first-order valence-corrected chi connectivity index (χ1v) is 12.8. The molecule has 2 heterocycles. The molecule has 0 radical (unpaired) electrons. The summed E-state index contributed by atoms with van der Waals surface area (Å²) in [6.45, 7) is 3.89. The number of rotatable bonds is 6. The Balaban J connectivity index is 1.57. The number of carbonyl (C=O) groups excluding carboxylic acids is 3. The monoisotopic (exact) mass is 538 g/mol. The lowest BCUT2D eigenvalue weighted by Gasteiger charge is -2.24. The van der Waals surface area contributed by atoms with Crippen molar-refractivity contribution < 1.29 is 23.9 Å². The van der Waals surface area contributed by atoms with Crippen LogP contribution in [0.3, 0.4) is 0 Å². The van der Waals surface area contributed by atoms with Crippen molar-refractivity contribution in [1.82, 2.24) is 19.4 Å². The molecule has 0 aliphatic carbocycles. The molecular weight excluding hydrogens is 508 g/mol. The predicted molar refractivity (Wildman–Crippen MR) is 150 cm³/mol. The van der Waals surface area contributed by atoms with Gasteiger partial charge in [0.15, 0.2) is 6.23 Å². The highest BCUT2D eigenvalue weighted by atomic mass is 16.5. The lowest BCUT2D eigenvalue weighted by atomic mass is 10.0. The quantitative estimate of drug-likeness (QED) is 0.332. The van der Waals surface area contributed by atoms with Gasteiger partial charge in [0.05, 0.1) is 30.0 Å². The third-order valence-corrected chi connectivity index (χ3v) is 6.86. The maximum Gasteiger partial charge on any atom is 0.338 e. The van der Waals surface area contributed by atoms with Gasteiger partial charge < -0.3 is 14.4 Å². The third-order valence-electron chi connectivity index (χ3n) is 6.86. The molecule has 0 spiro atoms. The molecule has 0 fully saturated rings. The number of carbonyl (C=O) groups is 3. The number of nitrogens with zero attached hydrogens (tertiary/aromatic N) is 4. The summed E-state index contributed by atoms with van der Waals surface area (Å²) in [6.07, 6.45) is 2.70. The lowest BCUT2D eigenvalue weighted by molar-refractivity contribution is 0.0435. The Morgan fingerprint density at radius 3 is 2.40 bits per heavy atom. The first kappa shape index (κ1) is 26.7. The molecule has 0 saturated heterocycles. The van der Waals surface area contributed by atoms with E-state index in [1.807, 2.05) is 44.2 Å². The van der Waals surface area contributed by atoms with Gasteiger partial charge in [-0.15, -0.1) is 0 Å². The Kier molecular flexibility index (Phi) is 7.13. The molecule has 3 aromatic carbocycles. The number of ether oxygens (including phenoxy) is 2. The Morgan fingerprint density at radius 2 is 1.70 bits per heavy atom. The van der Waals surface area contributed by atoms with Gasteiger partial charge in [-0.05, 0) is 49.7 Å². The van der Waals surface area contributed by atoms with Gasteiger partial charge in [-0.2, -0.15) is 0 Å². The largest absolute Gasteiger partial charge is 0.465 e. The van der Waals surface area contributed by atoms with Crippen molar-refractivity contribution >= 4 is 34.7 Å². The summed E-state index contributed by atoms with van der Waals surface area (Å²) >= 11 is 0. The maximum absolute atomic E-state index is 13.7. The van der Waals surface area contributed by atoms with E-state index in [4.69, 9.17) is 9.47 Å². The molecule has 0 N–H and O–H groups in total. The van der Waals surface area contributed by atoms with Crippen molar-refractivity contribution in [2.24, 2.45) is 0 Å². The van der Waals surface area contributed by atoms with Crippen LogP contribution in [-0.4, -0.2) is 64.6 Å². The van der Waals surface area contributed by atoms with E-state index in [0.717, 1.165) is 11.1 Å². The number of esters is 1. The first-order valence-electron chi connectivity index (χ1n) is 12.8. The van der Waals surface area contributed by atoms with Crippen LogP contribution in [0.4, 0.5) is 0 Å². The molecule has 0 saturated carbocycles. The topological polar surface area (TPSA) is 94.0 Å². The van der Waals surface area contributed by atoms with E-state index >= 15 is 0 Å². The molecule has 9 heteroatoms. The summed E-state index contributed by atoms with van der Waals surface area (Å²) in [7, 11) is 4.71. The maximum atomic E-state index is 13.7. The van der Waals surface area contributed by atoms with Crippen LogP contribution < -0.4 is 0 Å². The zero-order valence-corrected chi connectivity index (χ0v) is 23.0. The van der Waals surface area contributed by atoms with Gasteiger partial charge in [-0.1, -0.05) is 41.5 Å². The molecule has 5 rings (SSSR count). The second-order valence-electron chi connectivity index (χ2n) is 9.96. The molecule has 1 atom stereocenters. The van der Waals surface area contributed by atoms with Gasteiger partial charge in [0.2, 0.25) is 5.88 Å². The molecule has 1 unspecified atom stereocenters. The smallest absolute Gasteiger partial charge is 0.338 e. The number of benzene rings is 3. The molecule has 9 nitrogen and oxygen atoms in total. The van der Waals surface area contributed by atoms with Crippen molar-refractivity contribution in [3.05, 3.63) is 107 Å². The van der Waals surface area contributed by atoms with Crippen molar-refractivity contribution in [2.45, 2.75) is 26.5 Å². The average molecular weight is 539 g/mol. The summed E-state index contributed by atoms with van der Waals surface area (Å²) in [4.78, 5) is 46.5. The fraction of sp³-hybridized carbons (Fsp3) is 0.226. The molecular formula is C31H30N4O5. The molecule has 1 aliphatic heterocycles. The minimum absolute atomic E-state index is 0.166. The molecule has 2 amide bonds. The first-order chi connectivity index (χ1) is 19.2. The van der Waals surface area contributed by atoms with E-state index in [-0.39, 0.29) is 18.2 Å². The van der Waals surface area contributed by atoms with Crippen LogP contribution in [0.1, 0.15) is 47.8 Å². The van der Waals surface area contributed by atoms with E-state index in [1.54, 1.807) is 61.5 Å². The van der Waals surface area contributed by atoms with Crippen molar-refractivity contribution in [1.29, 1.82) is 0 Å². The van der Waals surface area contributed by atoms with Gasteiger partial charge in [-0.3, -0.25) is 19.1 Å². The van der Waals surface area contributed by atoms with Crippen LogP contribution in [0.5, 0.6) is 0 Å². The van der Waals surface area contributed by atoms with Crippen LogP contribution in [0.15, 0.2) is 73.2 Å². The number of hydrogen-bond donors (Lipinski definition) is 0. The summed E-state index contributed by atoms with van der Waals surface area (Å²) in [5.41, 5.74) is 5.26. The van der Waals surface area contributed by atoms with Crippen molar-refractivity contribution in [3.8, 4) is 0 Å². The average Bonchev–Trinajstić information content (AvgIpc) is 3.56. The predicted octanol–water partition coefficient (Wildman–Crippen LogP) is 4.64. The van der Waals surface area contributed by atoms with E-state index in [0.29, 0.717) is 39.2 Å². The van der Waals surface area contributed by atoms with Crippen LogP contribution >= 0.6 is 0 Å². The zero-order valence-electron chi connectivity index (χ0n) is 23.0. The van der Waals surface area contributed by atoms with Crippen LogP contribution in [0.2, 0.25) is 0 Å². The van der Waals surface area contributed by atoms with Gasteiger partial charge in [0, 0.05) is 26.1 Å². The highest BCUT2D eigenvalue weighted by molar-refractivity contribution is 6.05. The molecule has 0 bridgehead atoms. The second-order valence-corrected chi connectivity index (χ2v) is 9.96. The van der Waals surface area contributed by atoms with Crippen LogP contribution in [0, 0.1) is 13.8 Å². The van der Waals surface area contributed by atoms with Gasteiger partial charge >= 0.3 is 5.97 Å².